The van der Waals surface area contributed by atoms with Crippen LogP contribution in [-0.2, 0) is 11.3 Å². The van der Waals surface area contributed by atoms with Gasteiger partial charge >= 0.3 is 6.09 Å². The average Bonchev–Trinajstić information content (AvgIpc) is 2.61. The summed E-state index contributed by atoms with van der Waals surface area (Å²) in [6, 6.07) is 18.0. The molecule has 23 heavy (non-hydrogen) atoms. The molecule has 2 aromatic rings. The maximum absolute atomic E-state index is 11.6. The fourth-order valence-electron chi connectivity index (χ4n) is 1.97. The molecule has 0 aromatic heterocycles. The molecule has 0 saturated heterocycles. The summed E-state index contributed by atoms with van der Waals surface area (Å²) in [7, 11) is 0. The second-order valence-electron chi connectivity index (χ2n) is 4.95. The van der Waals surface area contributed by atoms with Gasteiger partial charge in [-0.1, -0.05) is 54.6 Å². The van der Waals surface area contributed by atoms with E-state index in [1.165, 1.54) is 4.90 Å². The van der Waals surface area contributed by atoms with Crippen molar-refractivity contribution in [3.05, 3.63) is 71.8 Å². The van der Waals surface area contributed by atoms with E-state index in [1.807, 2.05) is 36.4 Å². The normalized spacial score (nSPS) is 10.7. The molecular weight excluding hydrogens is 306 g/mol. The summed E-state index contributed by atoms with van der Waals surface area (Å²) in [6.07, 6.45) is 6.55. The number of benzene rings is 2. The quantitative estimate of drug-likeness (QED) is 0.590. The Labute approximate surface area is 141 Å². The van der Waals surface area contributed by atoms with Gasteiger partial charge in [-0.05, 0) is 35.9 Å². The van der Waals surface area contributed by atoms with Gasteiger partial charge in [0, 0.05) is 11.4 Å². The van der Waals surface area contributed by atoms with E-state index < -0.39 is 0 Å². The van der Waals surface area contributed by atoms with Crippen LogP contribution in [0.15, 0.2) is 65.6 Å². The standard InChI is InChI=1S/C19H21NO2S/c1-23-18-12-10-16(11-13-18)7-5-6-14-20-19(21)22-15-17-8-3-2-4-9-17/h2-5,7-13H,6,14-15H2,1H3,(H,20,21). The molecule has 0 aliphatic heterocycles. The van der Waals surface area contributed by atoms with Crippen LogP contribution in [0.5, 0.6) is 0 Å². The SMILES string of the molecule is CSc1ccc(C=CCCNC(=O)OCc2ccccc2)cc1. The molecule has 120 valence electrons. The Kier molecular flexibility index (Phi) is 7.27. The lowest BCUT2D eigenvalue weighted by Gasteiger charge is -2.05. The van der Waals surface area contributed by atoms with Gasteiger partial charge in [-0.25, -0.2) is 4.79 Å². The Morgan fingerprint density at radius 2 is 1.87 bits per heavy atom. The Balaban J connectivity index is 1.62. The monoisotopic (exact) mass is 327 g/mol. The molecule has 2 aromatic carbocycles. The zero-order valence-electron chi connectivity index (χ0n) is 13.2. The van der Waals surface area contributed by atoms with Gasteiger partial charge in [-0.3, -0.25) is 0 Å². The zero-order valence-corrected chi connectivity index (χ0v) is 14.0. The molecule has 0 unspecified atom stereocenters. The zero-order chi connectivity index (χ0) is 16.3. The van der Waals surface area contributed by atoms with Gasteiger partial charge in [0.2, 0.25) is 0 Å². The van der Waals surface area contributed by atoms with Gasteiger partial charge in [-0.2, -0.15) is 0 Å². The highest BCUT2D eigenvalue weighted by atomic mass is 32.2. The Morgan fingerprint density at radius 1 is 1.13 bits per heavy atom. The Bertz CT molecular complexity index is 624. The number of carbonyl (C=O) groups is 1. The minimum Gasteiger partial charge on any atom is -0.445 e. The number of nitrogens with one attached hydrogen (secondary N) is 1. The number of rotatable bonds is 7. The molecule has 0 bridgehead atoms. The summed E-state index contributed by atoms with van der Waals surface area (Å²) >= 11 is 1.73. The van der Waals surface area contributed by atoms with Crippen molar-refractivity contribution < 1.29 is 9.53 Å². The third kappa shape index (κ3) is 6.61. The highest BCUT2D eigenvalue weighted by Crippen LogP contribution is 2.15. The lowest BCUT2D eigenvalue weighted by atomic mass is 10.2. The first kappa shape index (κ1) is 17.2. The van der Waals surface area contributed by atoms with Crippen molar-refractivity contribution in [2.24, 2.45) is 0 Å². The molecular formula is C19H21NO2S. The van der Waals surface area contributed by atoms with Crippen molar-refractivity contribution in [2.45, 2.75) is 17.9 Å². The smallest absolute Gasteiger partial charge is 0.407 e. The lowest BCUT2D eigenvalue weighted by molar-refractivity contribution is 0.140. The van der Waals surface area contributed by atoms with Gasteiger partial charge in [0.05, 0.1) is 0 Å². The first-order valence-corrected chi connectivity index (χ1v) is 8.75. The van der Waals surface area contributed by atoms with Crippen LogP contribution in [0.2, 0.25) is 0 Å². The molecule has 4 heteroatoms. The van der Waals surface area contributed by atoms with Crippen LogP contribution >= 0.6 is 11.8 Å². The molecule has 0 radical (unpaired) electrons. The average molecular weight is 327 g/mol. The third-order valence-corrected chi connectivity index (χ3v) is 3.96. The van der Waals surface area contributed by atoms with Crippen LogP contribution in [-0.4, -0.2) is 18.9 Å². The highest BCUT2D eigenvalue weighted by molar-refractivity contribution is 7.98. The van der Waals surface area contributed by atoms with Crippen LogP contribution < -0.4 is 5.32 Å². The lowest BCUT2D eigenvalue weighted by Crippen LogP contribution is -2.24. The van der Waals surface area contributed by atoms with Gasteiger partial charge in [-0.15, -0.1) is 11.8 Å². The van der Waals surface area contributed by atoms with Crippen LogP contribution in [0.25, 0.3) is 6.08 Å². The van der Waals surface area contributed by atoms with Crippen LogP contribution in [0.4, 0.5) is 4.79 Å². The predicted octanol–water partition coefficient (Wildman–Crippen LogP) is 4.74. The number of hydrogen-bond acceptors (Lipinski definition) is 3. The molecule has 0 atom stereocenters. The van der Waals surface area contributed by atoms with E-state index in [2.05, 4.69) is 41.9 Å². The number of ether oxygens (including phenoxy) is 1. The molecule has 0 aliphatic carbocycles. The molecule has 0 spiro atoms. The second-order valence-corrected chi connectivity index (χ2v) is 5.83. The molecule has 0 saturated carbocycles. The van der Waals surface area contributed by atoms with Gasteiger partial charge in [0.15, 0.2) is 0 Å². The maximum Gasteiger partial charge on any atom is 0.407 e. The van der Waals surface area contributed by atoms with Gasteiger partial charge in [0.25, 0.3) is 0 Å². The van der Waals surface area contributed by atoms with E-state index in [-0.39, 0.29) is 6.09 Å². The summed E-state index contributed by atoms with van der Waals surface area (Å²) in [6.45, 7) is 0.858. The van der Waals surface area contributed by atoms with E-state index in [4.69, 9.17) is 4.74 Å². The van der Waals surface area contributed by atoms with E-state index in [0.717, 1.165) is 17.5 Å². The molecule has 1 N–H and O–H groups in total. The fourth-order valence-corrected chi connectivity index (χ4v) is 2.37. The van der Waals surface area contributed by atoms with Gasteiger partial charge < -0.3 is 10.1 Å². The topological polar surface area (TPSA) is 38.3 Å². The minimum atomic E-state index is -0.383. The van der Waals surface area contributed by atoms with Crippen molar-refractivity contribution in [3.8, 4) is 0 Å². The van der Waals surface area contributed by atoms with Crippen molar-refractivity contribution in [1.82, 2.24) is 5.32 Å². The molecule has 1 amide bonds. The summed E-state index contributed by atoms with van der Waals surface area (Å²) in [5.74, 6) is 0. The first-order chi connectivity index (χ1) is 11.3. The fraction of sp³-hybridized carbons (Fsp3) is 0.211. The molecule has 2 rings (SSSR count). The molecule has 0 heterocycles. The van der Waals surface area contributed by atoms with Crippen molar-refractivity contribution >= 4 is 23.9 Å². The molecule has 0 aliphatic rings. The number of carbonyl (C=O) groups excluding carboxylic acids is 1. The summed E-state index contributed by atoms with van der Waals surface area (Å²) in [5.41, 5.74) is 2.14. The largest absolute Gasteiger partial charge is 0.445 e. The van der Waals surface area contributed by atoms with E-state index in [9.17, 15) is 4.79 Å². The van der Waals surface area contributed by atoms with Crippen molar-refractivity contribution in [3.63, 3.8) is 0 Å². The van der Waals surface area contributed by atoms with Crippen LogP contribution in [0.1, 0.15) is 17.5 Å². The second kappa shape index (κ2) is 9.74. The summed E-state index contributed by atoms with van der Waals surface area (Å²) < 4.78 is 5.14. The van der Waals surface area contributed by atoms with Crippen molar-refractivity contribution in [2.75, 3.05) is 12.8 Å². The first-order valence-electron chi connectivity index (χ1n) is 7.53. The minimum absolute atomic E-state index is 0.296. The highest BCUT2D eigenvalue weighted by Gasteiger charge is 2.00. The molecule has 3 nitrogen and oxygen atoms in total. The number of thioether (sulfide) groups is 1. The van der Waals surface area contributed by atoms with Gasteiger partial charge in [0.1, 0.15) is 6.61 Å². The number of hydrogen-bond donors (Lipinski definition) is 1. The third-order valence-electron chi connectivity index (χ3n) is 3.22. The van der Waals surface area contributed by atoms with E-state index >= 15 is 0 Å². The Morgan fingerprint density at radius 3 is 2.57 bits per heavy atom. The number of alkyl carbamates (subject to hydrolysis) is 1. The van der Waals surface area contributed by atoms with E-state index in [0.29, 0.717) is 13.2 Å². The molecule has 0 fully saturated rings. The number of amides is 1. The summed E-state index contributed by atoms with van der Waals surface area (Å²) in [4.78, 5) is 12.8. The van der Waals surface area contributed by atoms with Crippen LogP contribution in [0.3, 0.4) is 0 Å². The maximum atomic E-state index is 11.6. The van der Waals surface area contributed by atoms with E-state index in [1.54, 1.807) is 11.8 Å². The Hall–Kier alpha value is -2.20. The van der Waals surface area contributed by atoms with Crippen LogP contribution in [0, 0.1) is 0 Å². The predicted molar refractivity (Wildman–Crippen MR) is 96.5 cm³/mol. The summed E-state index contributed by atoms with van der Waals surface area (Å²) in [5, 5.41) is 2.74. The van der Waals surface area contributed by atoms with Crippen molar-refractivity contribution in [1.29, 1.82) is 0 Å².